The van der Waals surface area contributed by atoms with Gasteiger partial charge in [-0.25, -0.2) is 0 Å². The summed E-state index contributed by atoms with van der Waals surface area (Å²) in [6, 6.07) is 9.28. The summed E-state index contributed by atoms with van der Waals surface area (Å²) in [6.07, 6.45) is 1.97. The van der Waals surface area contributed by atoms with Gasteiger partial charge in [-0.3, -0.25) is 4.79 Å². The molecule has 1 aliphatic rings. The minimum Gasteiger partial charge on any atom is -0.394 e. The number of hydrogen-bond acceptors (Lipinski definition) is 2. The van der Waals surface area contributed by atoms with E-state index in [2.05, 4.69) is 5.32 Å². The molecule has 2 rings (SSSR count). The molecule has 1 aliphatic carbocycles. The van der Waals surface area contributed by atoms with Crippen molar-refractivity contribution in [1.29, 1.82) is 0 Å². The van der Waals surface area contributed by atoms with Crippen molar-refractivity contribution in [1.82, 2.24) is 5.32 Å². The van der Waals surface area contributed by atoms with E-state index in [1.54, 1.807) is 0 Å². The SMILES string of the molecule is O=C(N[C@@H](CO)c1ccccc1)C1CC1. The third kappa shape index (κ3) is 2.57. The van der Waals surface area contributed by atoms with Crippen LogP contribution in [-0.4, -0.2) is 17.6 Å². The maximum absolute atomic E-state index is 11.5. The van der Waals surface area contributed by atoms with Gasteiger partial charge >= 0.3 is 0 Å². The molecule has 1 atom stereocenters. The lowest BCUT2D eigenvalue weighted by Crippen LogP contribution is -2.31. The molecule has 1 aromatic rings. The molecule has 1 aromatic carbocycles. The highest BCUT2D eigenvalue weighted by molar-refractivity contribution is 5.81. The van der Waals surface area contributed by atoms with Crippen LogP contribution in [0.3, 0.4) is 0 Å². The zero-order valence-electron chi connectivity index (χ0n) is 8.52. The summed E-state index contributed by atoms with van der Waals surface area (Å²) in [4.78, 5) is 11.5. The molecule has 1 saturated carbocycles. The minimum absolute atomic E-state index is 0.0531. The van der Waals surface area contributed by atoms with Crippen molar-refractivity contribution in [3.8, 4) is 0 Å². The van der Waals surface area contributed by atoms with Crippen molar-refractivity contribution < 1.29 is 9.90 Å². The average Bonchev–Trinajstić information content (AvgIpc) is 3.10. The van der Waals surface area contributed by atoms with Crippen LogP contribution in [0.5, 0.6) is 0 Å². The Balaban J connectivity index is 2.00. The molecule has 0 saturated heterocycles. The number of aliphatic hydroxyl groups excluding tert-OH is 1. The van der Waals surface area contributed by atoms with E-state index in [0.717, 1.165) is 18.4 Å². The van der Waals surface area contributed by atoms with Gasteiger partial charge in [-0.1, -0.05) is 30.3 Å². The van der Waals surface area contributed by atoms with Crippen LogP contribution in [0.15, 0.2) is 30.3 Å². The van der Waals surface area contributed by atoms with Crippen LogP contribution in [0.4, 0.5) is 0 Å². The van der Waals surface area contributed by atoms with E-state index in [1.807, 2.05) is 30.3 Å². The smallest absolute Gasteiger partial charge is 0.223 e. The number of hydrogen-bond donors (Lipinski definition) is 2. The van der Waals surface area contributed by atoms with Gasteiger partial charge in [-0.05, 0) is 18.4 Å². The summed E-state index contributed by atoms with van der Waals surface area (Å²) in [5, 5.41) is 12.1. The summed E-state index contributed by atoms with van der Waals surface area (Å²) in [6.45, 7) is -0.0531. The van der Waals surface area contributed by atoms with Gasteiger partial charge in [0.25, 0.3) is 0 Å². The highest BCUT2D eigenvalue weighted by atomic mass is 16.3. The van der Waals surface area contributed by atoms with Gasteiger partial charge in [0.1, 0.15) is 0 Å². The highest BCUT2D eigenvalue weighted by Gasteiger charge is 2.30. The number of aliphatic hydroxyl groups is 1. The van der Waals surface area contributed by atoms with Gasteiger partial charge in [0.05, 0.1) is 12.6 Å². The summed E-state index contributed by atoms with van der Waals surface area (Å²) < 4.78 is 0. The second kappa shape index (κ2) is 4.45. The standard InChI is InChI=1S/C12H15NO2/c14-8-11(9-4-2-1-3-5-9)13-12(15)10-6-7-10/h1-5,10-11,14H,6-8H2,(H,13,15)/t11-/m0/s1. The molecule has 3 nitrogen and oxygen atoms in total. The molecule has 0 bridgehead atoms. The fourth-order valence-electron chi connectivity index (χ4n) is 1.55. The van der Waals surface area contributed by atoms with Crippen molar-refractivity contribution in [3.05, 3.63) is 35.9 Å². The number of nitrogens with one attached hydrogen (secondary N) is 1. The molecular weight excluding hydrogens is 190 g/mol. The molecule has 0 aromatic heterocycles. The minimum atomic E-state index is -0.265. The second-order valence-electron chi connectivity index (χ2n) is 3.93. The van der Waals surface area contributed by atoms with Crippen LogP contribution >= 0.6 is 0 Å². The van der Waals surface area contributed by atoms with Crippen LogP contribution in [0.25, 0.3) is 0 Å². The number of rotatable bonds is 4. The Bertz CT molecular complexity index is 333. The molecule has 1 amide bonds. The Morgan fingerprint density at radius 3 is 2.60 bits per heavy atom. The number of amides is 1. The fraction of sp³-hybridized carbons (Fsp3) is 0.417. The normalized spacial score (nSPS) is 17.1. The zero-order chi connectivity index (χ0) is 10.7. The quantitative estimate of drug-likeness (QED) is 0.777. The first-order valence-corrected chi connectivity index (χ1v) is 5.27. The van der Waals surface area contributed by atoms with Crippen LogP contribution in [-0.2, 0) is 4.79 Å². The summed E-state index contributed by atoms with van der Waals surface area (Å²) >= 11 is 0. The molecule has 3 heteroatoms. The Hall–Kier alpha value is -1.35. The maximum Gasteiger partial charge on any atom is 0.223 e. The van der Waals surface area contributed by atoms with Gasteiger partial charge in [0.2, 0.25) is 5.91 Å². The highest BCUT2D eigenvalue weighted by Crippen LogP contribution is 2.29. The van der Waals surface area contributed by atoms with Gasteiger partial charge in [0.15, 0.2) is 0 Å². The third-order valence-corrected chi connectivity index (χ3v) is 2.65. The lowest BCUT2D eigenvalue weighted by Gasteiger charge is -2.16. The lowest BCUT2D eigenvalue weighted by molar-refractivity contribution is -0.123. The van der Waals surface area contributed by atoms with Crippen molar-refractivity contribution in [3.63, 3.8) is 0 Å². The third-order valence-electron chi connectivity index (χ3n) is 2.65. The van der Waals surface area contributed by atoms with Crippen molar-refractivity contribution in [2.75, 3.05) is 6.61 Å². The number of carbonyl (C=O) groups excluding carboxylic acids is 1. The Morgan fingerprint density at radius 2 is 2.07 bits per heavy atom. The summed E-state index contributed by atoms with van der Waals surface area (Å²) in [7, 11) is 0. The van der Waals surface area contributed by atoms with Crippen molar-refractivity contribution in [2.24, 2.45) is 5.92 Å². The Labute approximate surface area is 89.1 Å². The molecule has 0 aliphatic heterocycles. The molecule has 0 heterocycles. The van der Waals surface area contributed by atoms with E-state index in [1.165, 1.54) is 0 Å². The van der Waals surface area contributed by atoms with Crippen molar-refractivity contribution >= 4 is 5.91 Å². The monoisotopic (exact) mass is 205 g/mol. The predicted octanol–water partition coefficient (Wildman–Crippen LogP) is 1.25. The van der Waals surface area contributed by atoms with Crippen molar-refractivity contribution in [2.45, 2.75) is 18.9 Å². The van der Waals surface area contributed by atoms with E-state index in [0.29, 0.717) is 0 Å². The van der Waals surface area contributed by atoms with E-state index >= 15 is 0 Å². The van der Waals surface area contributed by atoms with E-state index < -0.39 is 0 Å². The largest absolute Gasteiger partial charge is 0.394 e. The lowest BCUT2D eigenvalue weighted by atomic mass is 10.1. The molecule has 80 valence electrons. The number of benzene rings is 1. The fourth-order valence-corrected chi connectivity index (χ4v) is 1.55. The Morgan fingerprint density at radius 1 is 1.40 bits per heavy atom. The molecule has 0 spiro atoms. The zero-order valence-corrected chi connectivity index (χ0v) is 8.52. The van der Waals surface area contributed by atoms with Gasteiger partial charge in [-0.2, -0.15) is 0 Å². The van der Waals surface area contributed by atoms with Gasteiger partial charge in [0, 0.05) is 5.92 Å². The van der Waals surface area contributed by atoms with Crippen LogP contribution < -0.4 is 5.32 Å². The molecular formula is C12H15NO2. The van der Waals surface area contributed by atoms with Crippen LogP contribution in [0.1, 0.15) is 24.4 Å². The molecule has 0 unspecified atom stereocenters. The molecule has 1 fully saturated rings. The van der Waals surface area contributed by atoms with E-state index in [9.17, 15) is 9.90 Å². The first-order valence-electron chi connectivity index (χ1n) is 5.27. The average molecular weight is 205 g/mol. The molecule has 2 N–H and O–H groups in total. The number of carbonyl (C=O) groups is 1. The van der Waals surface area contributed by atoms with Gasteiger partial charge in [-0.15, -0.1) is 0 Å². The van der Waals surface area contributed by atoms with Gasteiger partial charge < -0.3 is 10.4 Å². The predicted molar refractivity (Wildman–Crippen MR) is 57.1 cm³/mol. The summed E-state index contributed by atoms with van der Waals surface area (Å²) in [5.74, 6) is 0.251. The first kappa shape index (κ1) is 10.2. The van der Waals surface area contributed by atoms with E-state index in [-0.39, 0.29) is 24.5 Å². The molecule has 0 radical (unpaired) electrons. The Kier molecular flexibility index (Phi) is 3.02. The topological polar surface area (TPSA) is 49.3 Å². The first-order chi connectivity index (χ1) is 7.31. The summed E-state index contributed by atoms with van der Waals surface area (Å²) in [5.41, 5.74) is 0.953. The van der Waals surface area contributed by atoms with Crippen LogP contribution in [0.2, 0.25) is 0 Å². The van der Waals surface area contributed by atoms with Crippen LogP contribution in [0, 0.1) is 5.92 Å². The van der Waals surface area contributed by atoms with E-state index in [4.69, 9.17) is 0 Å². The maximum atomic E-state index is 11.5. The second-order valence-corrected chi connectivity index (χ2v) is 3.93. The molecule has 15 heavy (non-hydrogen) atoms.